The van der Waals surface area contributed by atoms with Crippen molar-refractivity contribution in [2.45, 2.75) is 45.1 Å². The lowest BCUT2D eigenvalue weighted by molar-refractivity contribution is -0.0680. The van der Waals surface area contributed by atoms with Gasteiger partial charge in [0.25, 0.3) is 0 Å². The van der Waals surface area contributed by atoms with Crippen molar-refractivity contribution in [3.8, 4) is 0 Å². The molecule has 0 fully saturated rings. The largest absolute Gasteiger partial charge is 0.493 e. The molecule has 6 heteroatoms. The molecule has 0 saturated carbocycles. The first-order valence-corrected chi connectivity index (χ1v) is 7.68. The average molecular weight is 324 g/mol. The Labute approximate surface area is 138 Å². The summed E-state index contributed by atoms with van der Waals surface area (Å²) < 4.78 is 16.8. The molecule has 0 spiro atoms. The minimum Gasteiger partial charge on any atom is -0.493 e. The number of nitrogens with one attached hydrogen (secondary N) is 2. The molecule has 23 heavy (non-hydrogen) atoms. The topological polar surface area (TPSA) is 68.8 Å². The first kappa shape index (κ1) is 19.3. The quantitative estimate of drug-likeness (QED) is 0.625. The van der Waals surface area contributed by atoms with Gasteiger partial charge in [-0.15, -0.1) is 0 Å². The Balaban J connectivity index is 3.06. The summed E-state index contributed by atoms with van der Waals surface area (Å²) in [7, 11) is 3.30. The summed E-state index contributed by atoms with van der Waals surface area (Å²) in [6.07, 6.45) is 2.92. The highest BCUT2D eigenvalue weighted by molar-refractivity contribution is 5.44. The number of hydrogen-bond acceptors (Lipinski definition) is 6. The van der Waals surface area contributed by atoms with Crippen molar-refractivity contribution >= 4 is 5.94 Å². The number of rotatable bonds is 9. The molecule has 0 amide bonds. The van der Waals surface area contributed by atoms with Crippen LogP contribution in [0.25, 0.3) is 0 Å². The third-order valence-electron chi connectivity index (χ3n) is 3.96. The monoisotopic (exact) mass is 324 g/mol. The van der Waals surface area contributed by atoms with E-state index in [2.05, 4.69) is 17.2 Å². The van der Waals surface area contributed by atoms with Gasteiger partial charge in [0.15, 0.2) is 0 Å². The molecule has 1 aliphatic heterocycles. The summed E-state index contributed by atoms with van der Waals surface area (Å²) in [6.45, 7) is 10.2. The van der Waals surface area contributed by atoms with Crippen LogP contribution in [0.1, 0.15) is 20.8 Å². The predicted molar refractivity (Wildman–Crippen MR) is 89.4 cm³/mol. The summed E-state index contributed by atoms with van der Waals surface area (Å²) in [4.78, 5) is 10.6. The maximum Gasteiger partial charge on any atom is 0.141 e. The van der Waals surface area contributed by atoms with Crippen LogP contribution in [0, 0.1) is 5.92 Å². The molecule has 0 saturated heterocycles. The first-order chi connectivity index (χ1) is 10.9. The molecule has 5 atom stereocenters. The number of hydrogen-bond donors (Lipinski definition) is 2. The summed E-state index contributed by atoms with van der Waals surface area (Å²) in [5.74, 6) is 2.62. The fraction of sp³-hybridized carbons (Fsp3) is 0.647. The summed E-state index contributed by atoms with van der Waals surface area (Å²) >= 11 is 0. The van der Waals surface area contributed by atoms with Gasteiger partial charge in [0.1, 0.15) is 12.0 Å². The number of allylic oxidation sites excluding steroid dienone is 2. The lowest BCUT2D eigenvalue weighted by atomic mass is 9.86. The molecule has 1 heterocycles. The van der Waals surface area contributed by atoms with E-state index in [1.165, 1.54) is 6.20 Å². The Morgan fingerprint density at radius 1 is 1.57 bits per heavy atom. The van der Waals surface area contributed by atoms with Crippen molar-refractivity contribution in [1.82, 2.24) is 10.6 Å². The van der Waals surface area contributed by atoms with Crippen LogP contribution in [0.3, 0.4) is 0 Å². The Morgan fingerprint density at radius 2 is 2.26 bits per heavy atom. The summed E-state index contributed by atoms with van der Waals surface area (Å²) in [6, 6.07) is -0.222. The van der Waals surface area contributed by atoms with E-state index in [1.807, 2.05) is 26.8 Å². The van der Waals surface area contributed by atoms with Crippen LogP contribution in [0.4, 0.5) is 0 Å². The fourth-order valence-electron chi connectivity index (χ4n) is 2.88. The minimum atomic E-state index is -0.207. The van der Waals surface area contributed by atoms with Crippen molar-refractivity contribution in [2.75, 3.05) is 20.8 Å². The molecule has 0 bridgehead atoms. The lowest BCUT2D eigenvalue weighted by Gasteiger charge is -2.42. The zero-order valence-corrected chi connectivity index (χ0v) is 14.6. The van der Waals surface area contributed by atoms with Gasteiger partial charge in [-0.1, -0.05) is 13.5 Å². The van der Waals surface area contributed by atoms with Crippen LogP contribution in [0.15, 0.2) is 30.3 Å². The van der Waals surface area contributed by atoms with Gasteiger partial charge in [-0.25, -0.2) is 4.79 Å². The van der Waals surface area contributed by atoms with E-state index in [0.717, 1.165) is 11.5 Å². The fourth-order valence-corrected chi connectivity index (χ4v) is 2.88. The molecule has 4 unspecified atom stereocenters. The molecule has 1 aliphatic rings. The van der Waals surface area contributed by atoms with Crippen molar-refractivity contribution in [3.63, 3.8) is 0 Å². The van der Waals surface area contributed by atoms with Gasteiger partial charge in [0.05, 0.1) is 36.8 Å². The van der Waals surface area contributed by atoms with E-state index in [0.29, 0.717) is 6.61 Å². The second-order valence-electron chi connectivity index (χ2n) is 5.85. The molecule has 130 valence electrons. The van der Waals surface area contributed by atoms with Crippen molar-refractivity contribution < 1.29 is 19.0 Å². The lowest BCUT2D eigenvalue weighted by Crippen LogP contribution is -2.58. The molecule has 0 aromatic rings. The van der Waals surface area contributed by atoms with E-state index in [-0.39, 0.29) is 30.2 Å². The van der Waals surface area contributed by atoms with E-state index >= 15 is 0 Å². The maximum atomic E-state index is 10.6. The molecule has 0 radical (unpaired) electrons. The Kier molecular flexibility index (Phi) is 7.89. The van der Waals surface area contributed by atoms with E-state index < -0.39 is 0 Å². The number of carbonyl (C=O) groups excluding carboxylic acids is 1. The Bertz CT molecular complexity index is 471. The molecule has 2 N–H and O–H groups in total. The Morgan fingerprint density at radius 3 is 2.78 bits per heavy atom. The standard InChI is InChI=1S/C17H28N2O4/c1-11(2)19-14-9-12(3)23-17(16(14)18-7-8-20)13(4)15(22-6)10-21-5/h7,9,13-19H,1,10H2,2-6H3/t13?,14?,15?,16?,17-/m0/s1. The second kappa shape index (κ2) is 9.40. The average Bonchev–Trinajstić information content (AvgIpc) is 2.50. The normalized spacial score (nSPS) is 26.1. The van der Waals surface area contributed by atoms with Crippen molar-refractivity contribution in [3.05, 3.63) is 30.3 Å². The van der Waals surface area contributed by atoms with Crippen LogP contribution in [0.2, 0.25) is 0 Å². The van der Waals surface area contributed by atoms with Gasteiger partial charge in [0.2, 0.25) is 0 Å². The van der Waals surface area contributed by atoms with Crippen LogP contribution in [0.5, 0.6) is 0 Å². The van der Waals surface area contributed by atoms with Crippen molar-refractivity contribution in [2.24, 2.45) is 5.92 Å². The molecule has 1 rings (SSSR count). The molecule has 0 aliphatic carbocycles. The zero-order valence-electron chi connectivity index (χ0n) is 14.6. The van der Waals surface area contributed by atoms with Gasteiger partial charge in [-0.05, 0) is 19.9 Å². The number of methoxy groups -OCH3 is 2. The third-order valence-corrected chi connectivity index (χ3v) is 3.96. The van der Waals surface area contributed by atoms with Crippen LogP contribution < -0.4 is 10.6 Å². The van der Waals surface area contributed by atoms with E-state index in [1.54, 1.807) is 20.2 Å². The SMILES string of the molecule is C=C(C)NC1C=C(C)O[C@@H](C(C)C(COC)OC)C1NC=C=O. The van der Waals surface area contributed by atoms with Gasteiger partial charge < -0.3 is 24.8 Å². The molecule has 0 aromatic heterocycles. The Hall–Kier alpha value is -1.75. The van der Waals surface area contributed by atoms with Crippen molar-refractivity contribution in [1.29, 1.82) is 0 Å². The smallest absolute Gasteiger partial charge is 0.141 e. The summed E-state index contributed by atoms with van der Waals surface area (Å²) in [5.41, 5.74) is 0.842. The molecule has 6 nitrogen and oxygen atoms in total. The van der Waals surface area contributed by atoms with Gasteiger partial charge >= 0.3 is 0 Å². The zero-order chi connectivity index (χ0) is 17.4. The third kappa shape index (κ3) is 5.43. The van der Waals surface area contributed by atoms with E-state index in [4.69, 9.17) is 14.2 Å². The molecular weight excluding hydrogens is 296 g/mol. The minimum absolute atomic E-state index is 0.0376. The van der Waals surface area contributed by atoms with Gasteiger partial charge in [-0.3, -0.25) is 0 Å². The van der Waals surface area contributed by atoms with Crippen LogP contribution in [-0.2, 0) is 19.0 Å². The first-order valence-electron chi connectivity index (χ1n) is 7.68. The summed E-state index contributed by atoms with van der Waals surface area (Å²) in [5, 5.41) is 6.39. The van der Waals surface area contributed by atoms with Crippen LogP contribution >= 0.6 is 0 Å². The van der Waals surface area contributed by atoms with Gasteiger partial charge in [-0.2, -0.15) is 0 Å². The highest BCUT2D eigenvalue weighted by Crippen LogP contribution is 2.27. The predicted octanol–water partition coefficient (Wildman–Crippen LogP) is 1.38. The second-order valence-corrected chi connectivity index (χ2v) is 5.85. The molecular formula is C17H28N2O4. The van der Waals surface area contributed by atoms with Gasteiger partial charge in [0, 0.05) is 25.8 Å². The van der Waals surface area contributed by atoms with E-state index in [9.17, 15) is 4.79 Å². The molecule has 0 aromatic carbocycles. The highest BCUT2D eigenvalue weighted by Gasteiger charge is 2.40. The maximum absolute atomic E-state index is 10.6. The number of ether oxygens (including phenoxy) is 3. The highest BCUT2D eigenvalue weighted by atomic mass is 16.5. The van der Waals surface area contributed by atoms with Crippen LogP contribution in [-0.4, -0.2) is 51.1 Å².